The van der Waals surface area contributed by atoms with E-state index < -0.39 is 15.9 Å². The minimum atomic E-state index is -3.82. The van der Waals surface area contributed by atoms with Crippen LogP contribution in [0.1, 0.15) is 26.3 Å². The Labute approximate surface area is 233 Å². The van der Waals surface area contributed by atoms with Gasteiger partial charge in [-0.25, -0.2) is 8.42 Å². The first-order chi connectivity index (χ1) is 19.3. The molecule has 0 bridgehead atoms. The van der Waals surface area contributed by atoms with Crippen LogP contribution in [0.2, 0.25) is 0 Å². The zero-order chi connectivity index (χ0) is 28.5. The van der Waals surface area contributed by atoms with Crippen LogP contribution in [0.4, 0.5) is 11.4 Å². The average Bonchev–Trinajstić information content (AvgIpc) is 2.97. The molecule has 0 radical (unpaired) electrons. The number of carbonyl (C=O) groups excluding carboxylic acids is 2. The molecule has 0 atom stereocenters. The Morgan fingerprint density at radius 1 is 0.750 bits per heavy atom. The summed E-state index contributed by atoms with van der Waals surface area (Å²) in [5.41, 5.74) is 2.03. The van der Waals surface area contributed by atoms with Gasteiger partial charge in [-0.3, -0.25) is 14.3 Å². The lowest BCUT2D eigenvalue weighted by Crippen LogP contribution is -2.27. The van der Waals surface area contributed by atoms with Crippen molar-refractivity contribution in [1.29, 1.82) is 0 Å². The molecule has 4 aromatic carbocycles. The highest BCUT2D eigenvalue weighted by atomic mass is 32.2. The van der Waals surface area contributed by atoms with Gasteiger partial charge in [0.2, 0.25) is 0 Å². The smallest absolute Gasteiger partial charge is 0.261 e. The molecule has 0 saturated heterocycles. The first kappa shape index (κ1) is 28.2. The summed E-state index contributed by atoms with van der Waals surface area (Å²) in [7, 11) is -0.686. The molecule has 0 aliphatic carbocycles. The maximum atomic E-state index is 13.0. The Hall–Kier alpha value is -4.83. The fourth-order valence-electron chi connectivity index (χ4n) is 3.97. The van der Waals surface area contributed by atoms with Crippen molar-refractivity contribution in [1.82, 2.24) is 5.32 Å². The lowest BCUT2D eigenvalue weighted by Gasteiger charge is -2.13. The summed E-state index contributed by atoms with van der Waals surface area (Å²) in [6, 6.07) is 26.3. The second-order valence-corrected chi connectivity index (χ2v) is 10.4. The highest BCUT2D eigenvalue weighted by Crippen LogP contribution is 2.27. The van der Waals surface area contributed by atoms with Crippen LogP contribution < -0.4 is 24.8 Å². The molecule has 0 saturated carbocycles. The number of amides is 2. The van der Waals surface area contributed by atoms with Crippen molar-refractivity contribution >= 4 is 33.2 Å². The van der Waals surface area contributed by atoms with Crippen molar-refractivity contribution in [3.63, 3.8) is 0 Å². The molecule has 0 aliphatic heterocycles. The minimum absolute atomic E-state index is 0.107. The van der Waals surface area contributed by atoms with Crippen LogP contribution in [0, 0.1) is 0 Å². The van der Waals surface area contributed by atoms with Crippen LogP contribution in [0.5, 0.6) is 11.5 Å². The maximum absolute atomic E-state index is 13.0. The van der Waals surface area contributed by atoms with Gasteiger partial charge >= 0.3 is 0 Å². The molecule has 10 heteroatoms. The Morgan fingerprint density at radius 2 is 1.48 bits per heavy atom. The van der Waals surface area contributed by atoms with Gasteiger partial charge in [0.1, 0.15) is 0 Å². The highest BCUT2D eigenvalue weighted by Gasteiger charge is 2.17. The van der Waals surface area contributed by atoms with E-state index in [0.29, 0.717) is 35.7 Å². The van der Waals surface area contributed by atoms with E-state index in [0.717, 1.165) is 5.56 Å². The molecule has 0 spiro atoms. The third-order valence-electron chi connectivity index (χ3n) is 6.00. The zero-order valence-corrected chi connectivity index (χ0v) is 22.8. The van der Waals surface area contributed by atoms with Crippen LogP contribution in [0.25, 0.3) is 0 Å². The van der Waals surface area contributed by atoms with Gasteiger partial charge in [0.25, 0.3) is 21.8 Å². The van der Waals surface area contributed by atoms with Crippen LogP contribution in [-0.2, 0) is 16.4 Å². The SMILES string of the molecule is COc1ccc(CCNC(=O)c2ccccc2NC(=O)c2cccc(NS(=O)(=O)c3ccccc3)c2)cc1OC. The quantitative estimate of drug-likeness (QED) is 0.244. The topological polar surface area (TPSA) is 123 Å². The van der Waals surface area contributed by atoms with E-state index in [9.17, 15) is 18.0 Å². The predicted molar refractivity (Wildman–Crippen MR) is 154 cm³/mol. The predicted octanol–water partition coefficient (Wildman–Crippen LogP) is 4.73. The van der Waals surface area contributed by atoms with Gasteiger partial charge in [-0.05, 0) is 66.6 Å². The minimum Gasteiger partial charge on any atom is -0.493 e. The number of hydrogen-bond donors (Lipinski definition) is 3. The van der Waals surface area contributed by atoms with Gasteiger partial charge in [-0.1, -0.05) is 42.5 Å². The number of carbonyl (C=O) groups is 2. The van der Waals surface area contributed by atoms with Gasteiger partial charge in [-0.15, -0.1) is 0 Å². The summed E-state index contributed by atoms with van der Waals surface area (Å²) in [6.07, 6.45) is 0.562. The van der Waals surface area contributed by atoms with E-state index in [-0.39, 0.29) is 22.1 Å². The lowest BCUT2D eigenvalue weighted by atomic mass is 10.1. The fourth-order valence-corrected chi connectivity index (χ4v) is 5.04. The molecule has 4 aromatic rings. The van der Waals surface area contributed by atoms with Crippen molar-refractivity contribution in [2.45, 2.75) is 11.3 Å². The highest BCUT2D eigenvalue weighted by molar-refractivity contribution is 7.92. The van der Waals surface area contributed by atoms with Crippen LogP contribution in [-0.4, -0.2) is 41.0 Å². The summed E-state index contributed by atoms with van der Waals surface area (Å²) in [6.45, 7) is 0.361. The van der Waals surface area contributed by atoms with E-state index >= 15 is 0 Å². The van der Waals surface area contributed by atoms with Gasteiger partial charge < -0.3 is 20.1 Å². The number of sulfonamides is 1. The second-order valence-electron chi connectivity index (χ2n) is 8.69. The standard InChI is InChI=1S/C30H29N3O6S/c1-38-27-16-15-21(19-28(27)39-2)17-18-31-30(35)25-13-6-7-14-26(25)32-29(34)22-9-8-10-23(20-22)33-40(36,37)24-11-4-3-5-12-24/h3-16,19-20,33H,17-18H2,1-2H3,(H,31,35)(H,32,34). The van der Waals surface area contributed by atoms with Gasteiger partial charge in [0.15, 0.2) is 11.5 Å². The van der Waals surface area contributed by atoms with Crippen molar-refractivity contribution in [3.05, 3.63) is 114 Å². The Kier molecular flexibility index (Phi) is 9.03. The third-order valence-corrected chi connectivity index (χ3v) is 7.39. The number of nitrogens with one attached hydrogen (secondary N) is 3. The second kappa shape index (κ2) is 12.8. The molecular formula is C30H29N3O6S. The van der Waals surface area contributed by atoms with Crippen LogP contribution in [0.3, 0.4) is 0 Å². The molecule has 0 fully saturated rings. The molecule has 0 aliphatic rings. The summed E-state index contributed by atoms with van der Waals surface area (Å²) < 4.78 is 38.4. The van der Waals surface area contributed by atoms with E-state index in [1.165, 1.54) is 18.2 Å². The Morgan fingerprint density at radius 3 is 2.23 bits per heavy atom. The molecule has 4 rings (SSSR count). The molecule has 0 aromatic heterocycles. The van der Waals surface area contributed by atoms with Gasteiger partial charge in [-0.2, -0.15) is 0 Å². The molecule has 0 unspecified atom stereocenters. The van der Waals surface area contributed by atoms with Gasteiger partial charge in [0, 0.05) is 17.8 Å². The number of anilines is 2. The van der Waals surface area contributed by atoms with Gasteiger partial charge in [0.05, 0.1) is 30.4 Å². The van der Waals surface area contributed by atoms with Crippen LogP contribution >= 0.6 is 0 Å². The molecule has 0 heterocycles. The molecule has 3 N–H and O–H groups in total. The van der Waals surface area contributed by atoms with Crippen molar-refractivity contribution in [2.24, 2.45) is 0 Å². The summed E-state index contributed by atoms with van der Waals surface area (Å²) in [5.74, 6) is 0.391. The molecule has 2 amide bonds. The number of methoxy groups -OCH3 is 2. The van der Waals surface area contributed by atoms with E-state index in [1.54, 1.807) is 74.9 Å². The maximum Gasteiger partial charge on any atom is 0.261 e. The molecule has 9 nitrogen and oxygen atoms in total. The monoisotopic (exact) mass is 559 g/mol. The number of rotatable bonds is 11. The number of para-hydroxylation sites is 1. The first-order valence-electron chi connectivity index (χ1n) is 12.4. The number of benzene rings is 4. The first-order valence-corrected chi connectivity index (χ1v) is 13.9. The fraction of sp³-hybridized carbons (Fsp3) is 0.133. The summed E-state index contributed by atoms with van der Waals surface area (Å²) in [5, 5.41) is 5.64. The normalized spacial score (nSPS) is 10.8. The number of hydrogen-bond acceptors (Lipinski definition) is 6. The van der Waals surface area contributed by atoms with Crippen molar-refractivity contribution in [2.75, 3.05) is 30.8 Å². The van der Waals surface area contributed by atoms with Crippen LogP contribution in [0.15, 0.2) is 102 Å². The zero-order valence-electron chi connectivity index (χ0n) is 22.0. The van der Waals surface area contributed by atoms with Crippen molar-refractivity contribution < 1.29 is 27.5 Å². The largest absolute Gasteiger partial charge is 0.493 e. The lowest BCUT2D eigenvalue weighted by molar-refractivity contribution is 0.0955. The van der Waals surface area contributed by atoms with Crippen molar-refractivity contribution in [3.8, 4) is 11.5 Å². The number of ether oxygens (including phenoxy) is 2. The summed E-state index contributed by atoms with van der Waals surface area (Å²) in [4.78, 5) is 26.1. The third kappa shape index (κ3) is 6.97. The van der Waals surface area contributed by atoms with E-state index in [1.807, 2.05) is 18.2 Å². The molecule has 206 valence electrons. The summed E-state index contributed by atoms with van der Waals surface area (Å²) >= 11 is 0. The Bertz CT molecular complexity index is 1610. The van der Waals surface area contributed by atoms with E-state index in [2.05, 4.69) is 15.4 Å². The molecule has 40 heavy (non-hydrogen) atoms. The average molecular weight is 560 g/mol. The molecular weight excluding hydrogens is 530 g/mol. The van der Waals surface area contributed by atoms with E-state index in [4.69, 9.17) is 9.47 Å². The Balaban J connectivity index is 1.41.